The van der Waals surface area contributed by atoms with Crippen LogP contribution in [0.3, 0.4) is 0 Å². The summed E-state index contributed by atoms with van der Waals surface area (Å²) in [6.07, 6.45) is 21.2. The van der Waals surface area contributed by atoms with E-state index in [1.807, 2.05) is 0 Å². The van der Waals surface area contributed by atoms with Gasteiger partial charge in [0.2, 0.25) is 11.8 Å². The quantitative estimate of drug-likeness (QED) is 0.239. The van der Waals surface area contributed by atoms with Crippen LogP contribution in [0.5, 0.6) is 0 Å². The van der Waals surface area contributed by atoms with Crippen LogP contribution in [-0.4, -0.2) is 53.7 Å². The summed E-state index contributed by atoms with van der Waals surface area (Å²) in [5.41, 5.74) is 0. The number of nitrogens with one attached hydrogen (secondary N) is 2. The molecule has 2 N–H and O–H groups in total. The molecule has 0 bridgehead atoms. The fraction of sp³-hybridized carbons (Fsp3) is 0.958. The van der Waals surface area contributed by atoms with Gasteiger partial charge in [-0.1, -0.05) is 122 Å². The first-order valence-corrected chi connectivity index (χ1v) is 29.8. The summed E-state index contributed by atoms with van der Waals surface area (Å²) in [5.74, 6) is 3.58. The van der Waals surface area contributed by atoms with E-state index in [0.29, 0.717) is 35.9 Å². The molecule has 0 spiro atoms. The lowest BCUT2D eigenvalue weighted by Gasteiger charge is -2.42. The summed E-state index contributed by atoms with van der Waals surface area (Å²) in [6.45, 7) is 38.9. The summed E-state index contributed by atoms with van der Waals surface area (Å²) in [5, 5.41) is 6.92. The fourth-order valence-electron chi connectivity index (χ4n) is 8.29. The van der Waals surface area contributed by atoms with Crippen LogP contribution in [-0.2, 0) is 18.4 Å². The van der Waals surface area contributed by atoms with Gasteiger partial charge >= 0.3 is 0 Å². The van der Waals surface area contributed by atoms with E-state index in [-0.39, 0.29) is 33.7 Å². The highest BCUT2D eigenvalue weighted by molar-refractivity contribution is 6.74. The Labute approximate surface area is 352 Å². The van der Waals surface area contributed by atoms with Crippen molar-refractivity contribution in [2.45, 2.75) is 247 Å². The maximum Gasteiger partial charge on any atom is 0.223 e. The Morgan fingerprint density at radius 2 is 0.839 bits per heavy atom. The van der Waals surface area contributed by atoms with Crippen LogP contribution in [0, 0.1) is 35.5 Å². The predicted molar refractivity (Wildman–Crippen MR) is 248 cm³/mol. The number of carbonyl (C=O) groups is 2. The van der Waals surface area contributed by atoms with E-state index >= 15 is 0 Å². The van der Waals surface area contributed by atoms with Crippen LogP contribution >= 0.6 is 0 Å². The molecule has 2 saturated heterocycles. The minimum absolute atomic E-state index is 0.201. The van der Waals surface area contributed by atoms with Crippen molar-refractivity contribution < 1.29 is 18.4 Å². The van der Waals surface area contributed by atoms with E-state index in [1.165, 1.54) is 51.4 Å². The largest absolute Gasteiger partial charge is 0.414 e. The SMILES string of the molecule is CC[C@@H]1CCC[C@H](C)CC[C@@H](O[Si](C)(C)C(C)(C)C)[C@H](CC)CCCNC1=O.CC[C@@H]1CCC[C@H](C)CC[C@@H](O[Si](C)(C)C(C)(C)C)[C@H](CC)CCCNC1=O. The van der Waals surface area contributed by atoms with E-state index in [9.17, 15) is 9.59 Å². The first-order chi connectivity index (χ1) is 26.0. The van der Waals surface area contributed by atoms with E-state index < -0.39 is 16.6 Å². The number of amides is 2. The lowest BCUT2D eigenvalue weighted by atomic mass is 9.87. The topological polar surface area (TPSA) is 76.7 Å². The highest BCUT2D eigenvalue weighted by Gasteiger charge is 2.41. The van der Waals surface area contributed by atoms with Crippen LogP contribution < -0.4 is 10.6 Å². The molecule has 2 amide bonds. The monoisotopic (exact) mass is 823 g/mol. The molecule has 56 heavy (non-hydrogen) atoms. The number of hydrogen-bond donors (Lipinski definition) is 2. The Morgan fingerprint density at radius 3 is 1.12 bits per heavy atom. The van der Waals surface area contributed by atoms with Gasteiger partial charge in [0.15, 0.2) is 16.6 Å². The molecule has 2 aliphatic heterocycles. The molecule has 2 heterocycles. The third kappa shape index (κ3) is 19.1. The Hall–Kier alpha value is -0.706. The minimum atomic E-state index is -1.78. The molecule has 2 rings (SSSR count). The summed E-state index contributed by atoms with van der Waals surface area (Å²) in [6, 6.07) is 0. The zero-order valence-electron chi connectivity index (χ0n) is 40.4. The van der Waals surface area contributed by atoms with E-state index in [0.717, 1.165) is 77.3 Å². The van der Waals surface area contributed by atoms with Crippen molar-refractivity contribution >= 4 is 28.4 Å². The van der Waals surface area contributed by atoms with Gasteiger partial charge in [-0.2, -0.15) is 0 Å². The number of rotatable bonds is 8. The normalized spacial score (nSPS) is 29.8. The van der Waals surface area contributed by atoms with Crippen molar-refractivity contribution in [1.82, 2.24) is 10.6 Å². The first kappa shape index (κ1) is 53.3. The Bertz CT molecular complexity index is 1000. The zero-order chi connectivity index (χ0) is 42.7. The molecule has 8 heteroatoms. The van der Waals surface area contributed by atoms with Gasteiger partial charge in [-0.3, -0.25) is 9.59 Å². The van der Waals surface area contributed by atoms with E-state index in [4.69, 9.17) is 8.85 Å². The molecule has 0 aromatic carbocycles. The van der Waals surface area contributed by atoms with Gasteiger partial charge in [-0.05, 0) is 137 Å². The highest BCUT2D eigenvalue weighted by Crippen LogP contribution is 2.41. The molecule has 8 atom stereocenters. The molecule has 0 aromatic heterocycles. The van der Waals surface area contributed by atoms with Crippen molar-refractivity contribution in [3.05, 3.63) is 0 Å². The van der Waals surface area contributed by atoms with E-state index in [1.54, 1.807) is 0 Å². The molecule has 0 unspecified atom stereocenters. The second-order valence-corrected chi connectivity index (χ2v) is 31.0. The molecule has 0 radical (unpaired) electrons. The molecule has 332 valence electrons. The lowest BCUT2D eigenvalue weighted by molar-refractivity contribution is -0.126. The average molecular weight is 823 g/mol. The molecule has 0 aliphatic carbocycles. The Kier molecular flexibility index (Phi) is 24.6. The predicted octanol–water partition coefficient (Wildman–Crippen LogP) is 13.9. The third-order valence-electron chi connectivity index (χ3n) is 14.8. The molecular formula is C48H98N2O4Si2. The maximum atomic E-state index is 12.5. The molecule has 6 nitrogen and oxygen atoms in total. The molecule has 0 saturated carbocycles. The number of hydrogen-bond acceptors (Lipinski definition) is 4. The van der Waals surface area contributed by atoms with Crippen LogP contribution in [0.4, 0.5) is 0 Å². The summed E-state index contributed by atoms with van der Waals surface area (Å²) >= 11 is 0. The van der Waals surface area contributed by atoms with Crippen molar-refractivity contribution in [1.29, 1.82) is 0 Å². The van der Waals surface area contributed by atoms with Gasteiger partial charge in [0.25, 0.3) is 0 Å². The molecule has 2 fully saturated rings. The van der Waals surface area contributed by atoms with Crippen molar-refractivity contribution in [3.8, 4) is 0 Å². The van der Waals surface area contributed by atoms with Crippen LogP contribution in [0.15, 0.2) is 0 Å². The standard InChI is InChI=1S/2C24H49NO2Si/c2*1-9-20-15-12-18-25-23(26)21(10-2)14-11-13-19(3)16-17-22(20)27-28(7,8)24(4,5)6/h2*19-22H,9-18H2,1-8H3,(H,25,26)/t2*19-,20+,21+,22+/m00/s1. The molecule has 0 aromatic rings. The summed E-state index contributed by atoms with van der Waals surface area (Å²) in [7, 11) is -3.55. The number of carbonyl (C=O) groups excluding carboxylic acids is 2. The van der Waals surface area contributed by atoms with Crippen molar-refractivity contribution in [2.24, 2.45) is 35.5 Å². The Morgan fingerprint density at radius 1 is 0.500 bits per heavy atom. The molecular weight excluding hydrogens is 725 g/mol. The summed E-state index contributed by atoms with van der Waals surface area (Å²) < 4.78 is 13.9. The van der Waals surface area contributed by atoms with Crippen LogP contribution in [0.2, 0.25) is 36.3 Å². The van der Waals surface area contributed by atoms with Gasteiger partial charge in [0, 0.05) is 37.1 Å². The Balaban J connectivity index is 0.000000560. The van der Waals surface area contributed by atoms with Gasteiger partial charge in [-0.25, -0.2) is 0 Å². The average Bonchev–Trinajstić information content (AvgIpc) is 3.11. The zero-order valence-corrected chi connectivity index (χ0v) is 42.4. The molecule has 2 aliphatic rings. The van der Waals surface area contributed by atoms with E-state index in [2.05, 4.69) is 120 Å². The third-order valence-corrected chi connectivity index (χ3v) is 23.8. The van der Waals surface area contributed by atoms with Gasteiger partial charge in [-0.15, -0.1) is 0 Å². The summed E-state index contributed by atoms with van der Waals surface area (Å²) in [4.78, 5) is 25.0. The fourth-order valence-corrected chi connectivity index (χ4v) is 11.1. The lowest BCUT2D eigenvalue weighted by Crippen LogP contribution is -2.46. The minimum Gasteiger partial charge on any atom is -0.414 e. The van der Waals surface area contributed by atoms with Crippen molar-refractivity contribution in [2.75, 3.05) is 13.1 Å². The highest BCUT2D eigenvalue weighted by atomic mass is 28.4. The van der Waals surface area contributed by atoms with Gasteiger partial charge in [0.05, 0.1) is 0 Å². The smallest absolute Gasteiger partial charge is 0.223 e. The van der Waals surface area contributed by atoms with Crippen LogP contribution in [0.25, 0.3) is 0 Å². The van der Waals surface area contributed by atoms with Crippen molar-refractivity contribution in [3.63, 3.8) is 0 Å². The second-order valence-electron chi connectivity index (χ2n) is 21.5. The maximum absolute atomic E-state index is 12.5. The van der Waals surface area contributed by atoms with Gasteiger partial charge < -0.3 is 19.5 Å². The first-order valence-electron chi connectivity index (χ1n) is 23.9. The van der Waals surface area contributed by atoms with Crippen LogP contribution in [0.1, 0.15) is 199 Å². The van der Waals surface area contributed by atoms with Gasteiger partial charge in [0.1, 0.15) is 0 Å². The second kappa shape index (κ2) is 25.8.